The highest BCUT2D eigenvalue weighted by atomic mass is 32.2. The van der Waals surface area contributed by atoms with Crippen molar-refractivity contribution >= 4 is 16.0 Å². The molecule has 0 saturated carbocycles. The Bertz CT molecular complexity index is 608. The number of carbonyl (C=O) groups is 1. The van der Waals surface area contributed by atoms with Gasteiger partial charge in [0.2, 0.25) is 10.0 Å². The van der Waals surface area contributed by atoms with Crippen molar-refractivity contribution in [2.24, 2.45) is 11.8 Å². The van der Waals surface area contributed by atoms with Crippen LogP contribution in [0.15, 0.2) is 23.1 Å². The summed E-state index contributed by atoms with van der Waals surface area (Å²) in [6.45, 7) is 7.47. The number of aliphatic carboxylic acids is 1. The Morgan fingerprint density at radius 3 is 2.33 bits per heavy atom. The van der Waals surface area contributed by atoms with Crippen LogP contribution in [0.3, 0.4) is 0 Å². The first kappa shape index (κ1) is 17.7. The average Bonchev–Trinajstić information content (AvgIpc) is 2.37. The molecule has 0 aliphatic carbocycles. The third kappa shape index (κ3) is 5.13. The van der Waals surface area contributed by atoms with Crippen molar-refractivity contribution in [3.8, 4) is 0 Å². The van der Waals surface area contributed by atoms with Gasteiger partial charge in [-0.3, -0.25) is 4.79 Å². The Morgan fingerprint density at radius 2 is 1.86 bits per heavy atom. The lowest BCUT2D eigenvalue weighted by Crippen LogP contribution is -2.33. The molecular weight excluding hydrogens is 290 g/mol. The van der Waals surface area contributed by atoms with Crippen LogP contribution in [0, 0.1) is 25.7 Å². The number of benzene rings is 1. The molecule has 1 aromatic carbocycles. The van der Waals surface area contributed by atoms with Gasteiger partial charge in [0, 0.05) is 6.54 Å². The molecule has 0 spiro atoms. The molecule has 5 nitrogen and oxygen atoms in total. The number of aryl methyl sites for hydroxylation is 2. The molecule has 0 fully saturated rings. The second-order valence-electron chi connectivity index (χ2n) is 5.76. The number of rotatable bonds is 7. The average molecular weight is 313 g/mol. The van der Waals surface area contributed by atoms with Gasteiger partial charge in [-0.1, -0.05) is 19.9 Å². The van der Waals surface area contributed by atoms with Crippen molar-refractivity contribution in [3.05, 3.63) is 29.3 Å². The van der Waals surface area contributed by atoms with E-state index in [0.29, 0.717) is 6.42 Å². The summed E-state index contributed by atoms with van der Waals surface area (Å²) in [5, 5.41) is 9.14. The van der Waals surface area contributed by atoms with Gasteiger partial charge >= 0.3 is 5.97 Å². The number of hydrogen-bond donors (Lipinski definition) is 2. The lowest BCUT2D eigenvalue weighted by atomic mass is 9.98. The highest BCUT2D eigenvalue weighted by Crippen LogP contribution is 2.16. The van der Waals surface area contributed by atoms with Crippen molar-refractivity contribution in [2.75, 3.05) is 6.54 Å². The fraction of sp³-hybridized carbons (Fsp3) is 0.533. The van der Waals surface area contributed by atoms with E-state index in [-0.39, 0.29) is 17.4 Å². The Kier molecular flexibility index (Phi) is 5.92. The Morgan fingerprint density at radius 1 is 1.24 bits per heavy atom. The molecule has 0 aliphatic rings. The second kappa shape index (κ2) is 7.04. The molecule has 0 aromatic heterocycles. The smallest absolute Gasteiger partial charge is 0.307 e. The number of hydrogen-bond acceptors (Lipinski definition) is 3. The van der Waals surface area contributed by atoms with Gasteiger partial charge in [0.1, 0.15) is 0 Å². The molecule has 21 heavy (non-hydrogen) atoms. The van der Waals surface area contributed by atoms with Crippen LogP contribution in [0.25, 0.3) is 0 Å². The standard InChI is InChI=1S/C15H23NO4S/c1-10(2)7-13(15(17)18)9-16-21(19,20)14-6-5-11(3)12(4)8-14/h5-6,8,10,13,16H,7,9H2,1-4H3,(H,17,18). The van der Waals surface area contributed by atoms with Crippen LogP contribution < -0.4 is 4.72 Å². The molecule has 0 radical (unpaired) electrons. The molecular formula is C15H23NO4S. The molecule has 1 rings (SSSR count). The normalized spacial score (nSPS) is 13.4. The Labute approximate surface area is 126 Å². The molecule has 0 saturated heterocycles. The molecule has 2 N–H and O–H groups in total. The minimum atomic E-state index is -3.68. The summed E-state index contributed by atoms with van der Waals surface area (Å²) < 4.78 is 26.8. The van der Waals surface area contributed by atoms with Gasteiger partial charge in [-0.25, -0.2) is 13.1 Å². The summed E-state index contributed by atoms with van der Waals surface area (Å²) in [6, 6.07) is 4.87. The van der Waals surface area contributed by atoms with Gasteiger partial charge in [-0.15, -0.1) is 0 Å². The molecule has 0 amide bonds. The summed E-state index contributed by atoms with van der Waals surface area (Å²) in [5.41, 5.74) is 1.90. The largest absolute Gasteiger partial charge is 0.481 e. The topological polar surface area (TPSA) is 83.5 Å². The molecule has 0 bridgehead atoms. The number of carboxylic acids is 1. The number of nitrogens with one attached hydrogen (secondary N) is 1. The maximum atomic E-state index is 12.2. The number of sulfonamides is 1. The van der Waals surface area contributed by atoms with Crippen LogP contribution >= 0.6 is 0 Å². The summed E-state index contributed by atoms with van der Waals surface area (Å²) in [4.78, 5) is 11.3. The minimum Gasteiger partial charge on any atom is -0.481 e. The van der Waals surface area contributed by atoms with Crippen LogP contribution in [0.1, 0.15) is 31.4 Å². The third-order valence-electron chi connectivity index (χ3n) is 3.41. The Balaban J connectivity index is 2.84. The van der Waals surface area contributed by atoms with E-state index in [1.54, 1.807) is 12.1 Å². The van der Waals surface area contributed by atoms with E-state index in [1.807, 2.05) is 27.7 Å². The molecule has 1 unspecified atom stereocenters. The van der Waals surface area contributed by atoms with Crippen LogP contribution in [0.2, 0.25) is 0 Å². The zero-order chi connectivity index (χ0) is 16.2. The van der Waals surface area contributed by atoms with Gasteiger partial charge in [0.25, 0.3) is 0 Å². The maximum absolute atomic E-state index is 12.2. The van der Waals surface area contributed by atoms with Crippen molar-refractivity contribution in [1.29, 1.82) is 0 Å². The second-order valence-corrected chi connectivity index (χ2v) is 7.53. The molecule has 1 aromatic rings. The SMILES string of the molecule is Cc1ccc(S(=O)(=O)NCC(CC(C)C)C(=O)O)cc1C. The summed E-state index contributed by atoms with van der Waals surface area (Å²) >= 11 is 0. The highest BCUT2D eigenvalue weighted by molar-refractivity contribution is 7.89. The van der Waals surface area contributed by atoms with E-state index in [9.17, 15) is 13.2 Å². The predicted octanol–water partition coefficient (Wildman–Crippen LogP) is 2.33. The van der Waals surface area contributed by atoms with Crippen molar-refractivity contribution in [3.63, 3.8) is 0 Å². The zero-order valence-electron chi connectivity index (χ0n) is 12.9. The first-order valence-electron chi connectivity index (χ1n) is 6.93. The molecule has 118 valence electrons. The van der Waals surface area contributed by atoms with Gasteiger partial charge < -0.3 is 5.11 Å². The van der Waals surface area contributed by atoms with Gasteiger partial charge in [0.15, 0.2) is 0 Å². The van der Waals surface area contributed by atoms with Crippen LogP contribution in [0.5, 0.6) is 0 Å². The lowest BCUT2D eigenvalue weighted by molar-refractivity contribution is -0.142. The molecule has 1 atom stereocenters. The lowest BCUT2D eigenvalue weighted by Gasteiger charge is -2.16. The minimum absolute atomic E-state index is 0.0945. The van der Waals surface area contributed by atoms with E-state index in [0.717, 1.165) is 11.1 Å². The van der Waals surface area contributed by atoms with E-state index in [1.165, 1.54) is 6.07 Å². The first-order valence-corrected chi connectivity index (χ1v) is 8.41. The van der Waals surface area contributed by atoms with E-state index in [4.69, 9.17) is 5.11 Å². The monoisotopic (exact) mass is 313 g/mol. The quantitative estimate of drug-likeness (QED) is 0.809. The van der Waals surface area contributed by atoms with E-state index >= 15 is 0 Å². The molecule has 0 aliphatic heterocycles. The zero-order valence-corrected chi connectivity index (χ0v) is 13.7. The van der Waals surface area contributed by atoms with Crippen LogP contribution in [-0.4, -0.2) is 26.0 Å². The summed E-state index contributed by atoms with van der Waals surface area (Å²) in [6.07, 6.45) is 0.435. The maximum Gasteiger partial charge on any atom is 0.307 e. The molecule has 6 heteroatoms. The summed E-state index contributed by atoms with van der Waals surface area (Å²) in [7, 11) is -3.68. The van der Waals surface area contributed by atoms with Crippen LogP contribution in [-0.2, 0) is 14.8 Å². The van der Waals surface area contributed by atoms with Crippen molar-refractivity contribution in [2.45, 2.75) is 39.0 Å². The van der Waals surface area contributed by atoms with Crippen molar-refractivity contribution < 1.29 is 18.3 Å². The summed E-state index contributed by atoms with van der Waals surface area (Å²) in [5.74, 6) is -1.50. The van der Waals surface area contributed by atoms with E-state index < -0.39 is 21.9 Å². The van der Waals surface area contributed by atoms with Gasteiger partial charge in [-0.05, 0) is 49.4 Å². The fourth-order valence-electron chi connectivity index (χ4n) is 2.02. The highest BCUT2D eigenvalue weighted by Gasteiger charge is 2.22. The third-order valence-corrected chi connectivity index (χ3v) is 4.83. The van der Waals surface area contributed by atoms with E-state index in [2.05, 4.69) is 4.72 Å². The fourth-order valence-corrected chi connectivity index (χ4v) is 3.18. The first-order chi connectivity index (χ1) is 9.63. The van der Waals surface area contributed by atoms with Gasteiger partial charge in [-0.2, -0.15) is 0 Å². The predicted molar refractivity (Wildman–Crippen MR) is 81.7 cm³/mol. The number of carboxylic acid groups (broad SMARTS) is 1. The van der Waals surface area contributed by atoms with Crippen molar-refractivity contribution in [1.82, 2.24) is 4.72 Å². The Hall–Kier alpha value is -1.40. The van der Waals surface area contributed by atoms with Crippen LogP contribution in [0.4, 0.5) is 0 Å². The van der Waals surface area contributed by atoms with Gasteiger partial charge in [0.05, 0.1) is 10.8 Å². The molecule has 0 heterocycles.